The third-order valence-corrected chi connectivity index (χ3v) is 3.54. The Morgan fingerprint density at radius 1 is 1.22 bits per heavy atom. The summed E-state index contributed by atoms with van der Waals surface area (Å²) in [5.41, 5.74) is 1.48. The second-order valence-electron chi connectivity index (χ2n) is 4.74. The van der Waals surface area contributed by atoms with Crippen LogP contribution in [0.5, 0.6) is 11.5 Å². The molecular weight excluding hydrogens is 298 g/mol. The number of carbonyl (C=O) groups is 1. The molecule has 0 fully saturated rings. The number of methoxy groups -OCH3 is 2. The van der Waals surface area contributed by atoms with E-state index in [0.717, 1.165) is 5.56 Å². The summed E-state index contributed by atoms with van der Waals surface area (Å²) in [6.45, 7) is 5.06. The molecule has 7 nitrogen and oxygen atoms in total. The summed E-state index contributed by atoms with van der Waals surface area (Å²) >= 11 is 0. The van der Waals surface area contributed by atoms with Crippen LogP contribution in [0.1, 0.15) is 13.8 Å². The number of amides is 2. The van der Waals surface area contributed by atoms with Crippen LogP contribution in [0.3, 0.4) is 0 Å². The minimum Gasteiger partial charge on any atom is -0.493 e. The summed E-state index contributed by atoms with van der Waals surface area (Å²) in [4.78, 5) is 13.8. The van der Waals surface area contributed by atoms with Gasteiger partial charge in [0.25, 0.3) is 0 Å². The maximum absolute atomic E-state index is 12.2. The molecule has 2 rings (SSSR count). The minimum atomic E-state index is -0.228. The van der Waals surface area contributed by atoms with Gasteiger partial charge in [-0.3, -0.25) is 5.32 Å². The predicted octanol–water partition coefficient (Wildman–Crippen LogP) is 3.23. The summed E-state index contributed by atoms with van der Waals surface area (Å²) in [5, 5.41) is 6.52. The number of nitrogens with zero attached hydrogens (tertiary/aromatic N) is 2. The van der Waals surface area contributed by atoms with Crippen LogP contribution >= 0.6 is 0 Å². The Hall–Kier alpha value is -2.70. The van der Waals surface area contributed by atoms with Gasteiger partial charge < -0.3 is 18.9 Å². The number of hydrogen-bond acceptors (Lipinski definition) is 5. The maximum Gasteiger partial charge on any atom is 0.324 e. The van der Waals surface area contributed by atoms with Gasteiger partial charge >= 0.3 is 6.03 Å². The second-order valence-corrected chi connectivity index (χ2v) is 4.74. The van der Waals surface area contributed by atoms with E-state index in [1.165, 1.54) is 0 Å². The van der Waals surface area contributed by atoms with E-state index in [1.807, 2.05) is 19.9 Å². The van der Waals surface area contributed by atoms with Gasteiger partial charge in [0.1, 0.15) is 0 Å². The molecule has 1 N–H and O–H groups in total. The third-order valence-electron chi connectivity index (χ3n) is 3.54. The van der Waals surface area contributed by atoms with Crippen molar-refractivity contribution in [3.63, 3.8) is 0 Å². The van der Waals surface area contributed by atoms with Crippen molar-refractivity contribution in [2.45, 2.75) is 13.8 Å². The summed E-state index contributed by atoms with van der Waals surface area (Å²) in [6.07, 6.45) is 1.55. The molecule has 0 aliphatic heterocycles. The van der Waals surface area contributed by atoms with Crippen molar-refractivity contribution in [3.8, 4) is 22.6 Å². The highest BCUT2D eigenvalue weighted by Gasteiger charge is 2.17. The van der Waals surface area contributed by atoms with Crippen LogP contribution in [0.15, 0.2) is 28.9 Å². The van der Waals surface area contributed by atoms with Gasteiger partial charge in [0.05, 0.1) is 26.0 Å². The first kappa shape index (κ1) is 16.7. The minimum absolute atomic E-state index is 0.228. The number of anilines is 1. The average Bonchev–Trinajstić information content (AvgIpc) is 3.03. The van der Waals surface area contributed by atoms with E-state index in [-0.39, 0.29) is 6.03 Å². The van der Waals surface area contributed by atoms with E-state index >= 15 is 0 Å². The summed E-state index contributed by atoms with van der Waals surface area (Å²) in [7, 11) is 3.14. The van der Waals surface area contributed by atoms with Gasteiger partial charge in [-0.05, 0) is 31.5 Å². The molecule has 2 aromatic rings. The molecule has 0 saturated carbocycles. The molecule has 0 saturated heterocycles. The Balaban J connectivity index is 2.29. The van der Waals surface area contributed by atoms with Crippen LogP contribution in [-0.2, 0) is 0 Å². The number of aromatic nitrogens is 1. The molecule has 124 valence electrons. The molecule has 2 amide bonds. The summed E-state index contributed by atoms with van der Waals surface area (Å²) in [5.74, 6) is 1.52. The first-order valence-electron chi connectivity index (χ1n) is 7.37. The molecule has 0 aliphatic rings. The summed E-state index contributed by atoms with van der Waals surface area (Å²) in [6, 6.07) is 5.21. The van der Waals surface area contributed by atoms with Gasteiger partial charge in [0.15, 0.2) is 11.5 Å². The van der Waals surface area contributed by atoms with E-state index in [0.29, 0.717) is 36.0 Å². The lowest BCUT2D eigenvalue weighted by Gasteiger charge is -2.18. The monoisotopic (exact) mass is 319 g/mol. The van der Waals surface area contributed by atoms with Crippen molar-refractivity contribution in [2.24, 2.45) is 0 Å². The Bertz CT molecular complexity index is 665. The molecule has 0 bridgehead atoms. The molecule has 23 heavy (non-hydrogen) atoms. The van der Waals surface area contributed by atoms with Crippen LogP contribution in [0.4, 0.5) is 10.7 Å². The van der Waals surface area contributed by atoms with Crippen LogP contribution in [0.25, 0.3) is 11.1 Å². The fourth-order valence-electron chi connectivity index (χ4n) is 2.23. The maximum atomic E-state index is 12.2. The first-order valence-corrected chi connectivity index (χ1v) is 7.37. The molecule has 1 aromatic carbocycles. The van der Waals surface area contributed by atoms with Crippen molar-refractivity contribution in [2.75, 3.05) is 32.6 Å². The zero-order chi connectivity index (χ0) is 16.8. The van der Waals surface area contributed by atoms with Crippen molar-refractivity contribution < 1.29 is 18.8 Å². The van der Waals surface area contributed by atoms with Crippen LogP contribution in [-0.4, -0.2) is 43.4 Å². The van der Waals surface area contributed by atoms with E-state index in [9.17, 15) is 4.79 Å². The van der Waals surface area contributed by atoms with Crippen LogP contribution in [0.2, 0.25) is 0 Å². The highest BCUT2D eigenvalue weighted by Crippen LogP contribution is 2.35. The normalized spacial score (nSPS) is 10.3. The number of carbonyl (C=O) groups excluding carboxylic acids is 1. The SMILES string of the molecule is CCN(CC)C(=O)Nc1oncc1-c1ccc(OC)c(OC)c1. The molecule has 7 heteroatoms. The second kappa shape index (κ2) is 7.53. The van der Waals surface area contributed by atoms with Gasteiger partial charge in [0.2, 0.25) is 5.88 Å². The zero-order valence-electron chi connectivity index (χ0n) is 13.8. The topological polar surface area (TPSA) is 76.8 Å². The average molecular weight is 319 g/mol. The fraction of sp³-hybridized carbons (Fsp3) is 0.375. The lowest BCUT2D eigenvalue weighted by molar-refractivity contribution is 0.216. The molecule has 0 radical (unpaired) electrons. The molecule has 1 aromatic heterocycles. The molecule has 0 unspecified atom stereocenters. The van der Waals surface area contributed by atoms with Gasteiger partial charge in [0, 0.05) is 13.1 Å². The Kier molecular flexibility index (Phi) is 5.46. The Morgan fingerprint density at radius 2 is 1.91 bits per heavy atom. The number of urea groups is 1. The van der Waals surface area contributed by atoms with Gasteiger partial charge in [-0.25, -0.2) is 4.79 Å². The Morgan fingerprint density at radius 3 is 2.52 bits per heavy atom. The third kappa shape index (κ3) is 3.56. The lowest BCUT2D eigenvalue weighted by atomic mass is 10.1. The van der Waals surface area contributed by atoms with Crippen molar-refractivity contribution in [3.05, 3.63) is 24.4 Å². The molecule has 0 spiro atoms. The molecular formula is C16H21N3O4. The fourth-order valence-corrected chi connectivity index (χ4v) is 2.23. The highest BCUT2D eigenvalue weighted by molar-refractivity contribution is 5.92. The van der Waals surface area contributed by atoms with Gasteiger partial charge in [-0.1, -0.05) is 11.2 Å². The van der Waals surface area contributed by atoms with Crippen molar-refractivity contribution in [1.82, 2.24) is 10.1 Å². The summed E-state index contributed by atoms with van der Waals surface area (Å²) < 4.78 is 15.7. The van der Waals surface area contributed by atoms with Crippen molar-refractivity contribution in [1.29, 1.82) is 0 Å². The standard InChI is InChI=1S/C16H21N3O4/c1-5-19(6-2)16(20)18-15-12(10-17-23-15)11-7-8-13(21-3)14(9-11)22-4/h7-10H,5-6H2,1-4H3,(H,18,20). The molecule has 0 aliphatic carbocycles. The van der Waals surface area contributed by atoms with Gasteiger partial charge in [-0.2, -0.15) is 0 Å². The quantitative estimate of drug-likeness (QED) is 0.884. The van der Waals surface area contributed by atoms with E-state index in [2.05, 4.69) is 10.5 Å². The number of rotatable bonds is 6. The lowest BCUT2D eigenvalue weighted by Crippen LogP contribution is -2.34. The number of ether oxygens (including phenoxy) is 2. The molecule has 1 heterocycles. The van der Waals surface area contributed by atoms with E-state index < -0.39 is 0 Å². The highest BCUT2D eigenvalue weighted by atomic mass is 16.5. The van der Waals surface area contributed by atoms with Crippen LogP contribution < -0.4 is 14.8 Å². The van der Waals surface area contributed by atoms with Gasteiger partial charge in [-0.15, -0.1) is 0 Å². The van der Waals surface area contributed by atoms with Crippen LogP contribution in [0, 0.1) is 0 Å². The van der Waals surface area contributed by atoms with E-state index in [4.69, 9.17) is 14.0 Å². The molecule has 0 atom stereocenters. The zero-order valence-corrected chi connectivity index (χ0v) is 13.8. The number of nitrogens with one attached hydrogen (secondary N) is 1. The number of hydrogen-bond donors (Lipinski definition) is 1. The predicted molar refractivity (Wildman–Crippen MR) is 87.0 cm³/mol. The first-order chi connectivity index (χ1) is 11.1. The Labute approximate surface area is 135 Å². The van der Waals surface area contributed by atoms with Crippen molar-refractivity contribution >= 4 is 11.9 Å². The van der Waals surface area contributed by atoms with E-state index in [1.54, 1.807) is 37.4 Å². The smallest absolute Gasteiger partial charge is 0.324 e. The largest absolute Gasteiger partial charge is 0.493 e. The number of benzene rings is 1.